The topological polar surface area (TPSA) is 81.5 Å². The van der Waals surface area contributed by atoms with Crippen molar-refractivity contribution in [3.63, 3.8) is 0 Å². The van der Waals surface area contributed by atoms with Crippen LogP contribution < -0.4 is 10.1 Å². The number of morpholine rings is 1. The van der Waals surface area contributed by atoms with Crippen molar-refractivity contribution in [1.82, 2.24) is 19.4 Å². The molecule has 216 valence electrons. The molecular formula is C32H38ClN5O3. The van der Waals surface area contributed by atoms with Gasteiger partial charge in [-0.2, -0.15) is 0 Å². The number of imidazole rings is 1. The predicted octanol–water partition coefficient (Wildman–Crippen LogP) is 6.68. The van der Waals surface area contributed by atoms with Gasteiger partial charge in [0.15, 0.2) is 0 Å². The van der Waals surface area contributed by atoms with Crippen LogP contribution in [0.25, 0.3) is 11.0 Å². The van der Waals surface area contributed by atoms with E-state index >= 15 is 0 Å². The smallest absolute Gasteiger partial charge is 0.208 e. The number of nitrogens with one attached hydrogen (secondary N) is 1. The third-order valence-electron chi connectivity index (χ3n) is 7.32. The molecule has 2 aromatic heterocycles. The number of Topliss-reactive ketones (excluding diaryl/α,β-unsaturated/α-hetero) is 1. The summed E-state index contributed by atoms with van der Waals surface area (Å²) in [4.78, 5) is 24.1. The van der Waals surface area contributed by atoms with Crippen molar-refractivity contribution in [3.8, 4) is 11.5 Å². The molecule has 8 nitrogen and oxygen atoms in total. The van der Waals surface area contributed by atoms with E-state index in [9.17, 15) is 4.79 Å². The van der Waals surface area contributed by atoms with Crippen molar-refractivity contribution in [1.29, 1.82) is 0 Å². The summed E-state index contributed by atoms with van der Waals surface area (Å²) < 4.78 is 13.5. The Labute approximate surface area is 246 Å². The van der Waals surface area contributed by atoms with Gasteiger partial charge < -0.3 is 19.4 Å². The van der Waals surface area contributed by atoms with E-state index in [1.54, 1.807) is 12.3 Å². The fraction of sp³-hybridized carbons (Fsp3) is 0.406. The number of ether oxygens (including phenoxy) is 2. The Morgan fingerprint density at radius 1 is 1.07 bits per heavy atom. The number of carbonyl (C=O) groups excluding carboxylic acids is 1. The molecule has 2 aromatic carbocycles. The largest absolute Gasteiger partial charge is 0.457 e. The highest BCUT2D eigenvalue weighted by atomic mass is 35.5. The van der Waals surface area contributed by atoms with Crippen molar-refractivity contribution in [2.75, 3.05) is 38.2 Å². The first kappa shape index (κ1) is 29.0. The van der Waals surface area contributed by atoms with E-state index in [0.29, 0.717) is 30.0 Å². The van der Waals surface area contributed by atoms with Gasteiger partial charge in [0, 0.05) is 62.0 Å². The van der Waals surface area contributed by atoms with E-state index in [4.69, 9.17) is 26.1 Å². The van der Waals surface area contributed by atoms with Gasteiger partial charge in [0.1, 0.15) is 17.3 Å². The molecule has 9 heteroatoms. The molecule has 41 heavy (non-hydrogen) atoms. The van der Waals surface area contributed by atoms with Gasteiger partial charge in [-0.25, -0.2) is 4.98 Å². The molecule has 0 amide bonds. The van der Waals surface area contributed by atoms with E-state index in [-0.39, 0.29) is 11.2 Å². The molecule has 3 heterocycles. The highest BCUT2D eigenvalue weighted by Gasteiger charge is 2.19. The lowest BCUT2D eigenvalue weighted by Gasteiger charge is -2.26. The van der Waals surface area contributed by atoms with Crippen LogP contribution in [0.5, 0.6) is 11.5 Å². The SMILES string of the molecule is Cn1c(Nc2ccc(Cl)c(C(C)(C)C)c2)nc2cc(Oc3ccnc(CC(=O)CCCN4CCOCC4)c3)ccc21. The summed E-state index contributed by atoms with van der Waals surface area (Å²) in [6.07, 6.45) is 3.39. The monoisotopic (exact) mass is 575 g/mol. The first-order valence-electron chi connectivity index (χ1n) is 14.1. The van der Waals surface area contributed by atoms with Crippen LogP contribution >= 0.6 is 11.6 Å². The van der Waals surface area contributed by atoms with E-state index in [1.165, 1.54) is 0 Å². The Kier molecular flexibility index (Phi) is 8.92. The normalized spacial score (nSPS) is 14.4. The molecular weight excluding hydrogens is 538 g/mol. The van der Waals surface area contributed by atoms with E-state index in [0.717, 1.165) is 72.5 Å². The Hall–Kier alpha value is -3.46. The lowest BCUT2D eigenvalue weighted by atomic mass is 9.87. The second kappa shape index (κ2) is 12.6. The van der Waals surface area contributed by atoms with Crippen LogP contribution in [-0.2, 0) is 28.4 Å². The third-order valence-corrected chi connectivity index (χ3v) is 7.65. The number of anilines is 2. The Bertz CT molecular complexity index is 1520. The van der Waals surface area contributed by atoms with Gasteiger partial charge in [-0.05, 0) is 60.3 Å². The summed E-state index contributed by atoms with van der Waals surface area (Å²) >= 11 is 6.46. The van der Waals surface area contributed by atoms with E-state index in [2.05, 4.69) is 42.0 Å². The van der Waals surface area contributed by atoms with Crippen LogP contribution in [0.15, 0.2) is 54.7 Å². The molecule has 0 unspecified atom stereocenters. The van der Waals surface area contributed by atoms with Crippen LogP contribution in [0.1, 0.15) is 44.9 Å². The van der Waals surface area contributed by atoms with Crippen molar-refractivity contribution >= 4 is 40.1 Å². The minimum atomic E-state index is -0.0729. The molecule has 1 saturated heterocycles. The van der Waals surface area contributed by atoms with Gasteiger partial charge in [0.25, 0.3) is 0 Å². The number of halogens is 1. The second-order valence-corrected chi connectivity index (χ2v) is 12.0. The van der Waals surface area contributed by atoms with Crippen LogP contribution in [0.2, 0.25) is 5.02 Å². The number of aryl methyl sites for hydroxylation is 1. The first-order valence-corrected chi connectivity index (χ1v) is 14.5. The maximum absolute atomic E-state index is 12.6. The average molecular weight is 576 g/mol. The summed E-state index contributed by atoms with van der Waals surface area (Å²) in [5.41, 5.74) is 4.42. The number of aromatic nitrogens is 3. The number of fused-ring (bicyclic) bond motifs is 1. The van der Waals surface area contributed by atoms with Crippen LogP contribution in [0.4, 0.5) is 11.6 Å². The summed E-state index contributed by atoms with van der Waals surface area (Å²) in [7, 11) is 1.98. The highest BCUT2D eigenvalue weighted by molar-refractivity contribution is 6.31. The fourth-order valence-electron chi connectivity index (χ4n) is 5.03. The molecule has 1 aliphatic heterocycles. The molecule has 4 aromatic rings. The first-order chi connectivity index (χ1) is 19.7. The maximum atomic E-state index is 12.6. The Balaban J connectivity index is 1.22. The molecule has 0 atom stereocenters. The zero-order chi connectivity index (χ0) is 29.0. The van der Waals surface area contributed by atoms with Crippen molar-refractivity contribution in [2.24, 2.45) is 7.05 Å². The van der Waals surface area contributed by atoms with Crippen molar-refractivity contribution in [3.05, 3.63) is 71.0 Å². The number of rotatable bonds is 10. The summed E-state index contributed by atoms with van der Waals surface area (Å²) in [5, 5.41) is 4.19. The minimum Gasteiger partial charge on any atom is -0.457 e. The quantitative estimate of drug-likeness (QED) is 0.226. The lowest BCUT2D eigenvalue weighted by Crippen LogP contribution is -2.37. The van der Waals surface area contributed by atoms with Crippen LogP contribution in [-0.4, -0.2) is 58.1 Å². The molecule has 1 N–H and O–H groups in total. The summed E-state index contributed by atoms with van der Waals surface area (Å²) in [6, 6.07) is 15.4. The van der Waals surface area contributed by atoms with Gasteiger partial charge in [0.2, 0.25) is 5.95 Å². The number of pyridine rings is 1. The van der Waals surface area contributed by atoms with Crippen LogP contribution in [0.3, 0.4) is 0 Å². The molecule has 5 rings (SSSR count). The number of hydrogen-bond donors (Lipinski definition) is 1. The Morgan fingerprint density at radius 3 is 2.63 bits per heavy atom. The van der Waals surface area contributed by atoms with Crippen molar-refractivity contribution in [2.45, 2.75) is 45.4 Å². The Morgan fingerprint density at radius 2 is 1.85 bits per heavy atom. The lowest BCUT2D eigenvalue weighted by molar-refractivity contribution is -0.118. The van der Waals surface area contributed by atoms with Crippen LogP contribution in [0, 0.1) is 0 Å². The van der Waals surface area contributed by atoms with Gasteiger partial charge in [-0.15, -0.1) is 0 Å². The minimum absolute atomic E-state index is 0.0729. The van der Waals surface area contributed by atoms with Gasteiger partial charge >= 0.3 is 0 Å². The average Bonchev–Trinajstić information content (AvgIpc) is 3.24. The molecule has 0 saturated carbocycles. The summed E-state index contributed by atoms with van der Waals surface area (Å²) in [6.45, 7) is 10.8. The standard InChI is InChI=1S/C32H38ClN5O3/c1-32(2,3)27-20-22(7-9-28(27)33)35-31-36-29-21-25(8-10-30(29)37(31)4)41-26-11-12-34-23(19-26)18-24(39)6-5-13-38-14-16-40-17-15-38/h7-12,19-21H,5-6,13-18H2,1-4H3,(H,35,36). The molecule has 1 aliphatic rings. The van der Waals surface area contributed by atoms with E-state index < -0.39 is 0 Å². The predicted molar refractivity (Wildman–Crippen MR) is 164 cm³/mol. The number of benzene rings is 2. The number of nitrogens with zero attached hydrogens (tertiary/aromatic N) is 4. The second-order valence-electron chi connectivity index (χ2n) is 11.6. The van der Waals surface area contributed by atoms with E-state index in [1.807, 2.05) is 48.0 Å². The maximum Gasteiger partial charge on any atom is 0.208 e. The number of ketones is 1. The molecule has 0 aliphatic carbocycles. The molecule has 0 bridgehead atoms. The number of hydrogen-bond acceptors (Lipinski definition) is 7. The third kappa shape index (κ3) is 7.44. The molecule has 0 spiro atoms. The number of carbonyl (C=O) groups is 1. The molecule has 0 radical (unpaired) electrons. The fourth-order valence-corrected chi connectivity index (χ4v) is 5.43. The zero-order valence-corrected chi connectivity index (χ0v) is 25.0. The van der Waals surface area contributed by atoms with Crippen molar-refractivity contribution < 1.29 is 14.3 Å². The van der Waals surface area contributed by atoms with Gasteiger partial charge in [-0.3, -0.25) is 14.7 Å². The van der Waals surface area contributed by atoms with Gasteiger partial charge in [-0.1, -0.05) is 32.4 Å². The van der Waals surface area contributed by atoms with Gasteiger partial charge in [0.05, 0.1) is 29.9 Å². The molecule has 1 fully saturated rings. The zero-order valence-electron chi connectivity index (χ0n) is 24.2. The summed E-state index contributed by atoms with van der Waals surface area (Å²) in [5.74, 6) is 2.21. The highest BCUT2D eigenvalue weighted by Crippen LogP contribution is 2.33.